The second kappa shape index (κ2) is 6.76. The molecule has 1 N–H and O–H groups in total. The Morgan fingerprint density at radius 2 is 1.76 bits per heavy atom. The van der Waals surface area contributed by atoms with Crippen LogP contribution in [0.2, 0.25) is 0 Å². The van der Waals surface area contributed by atoms with Gasteiger partial charge in [0.15, 0.2) is 0 Å². The SMILES string of the molecule is O=C(Nc1cccc(C(F)(F)F)c1)c1ccccc1-c1cccnc1. The highest BCUT2D eigenvalue weighted by molar-refractivity contribution is 6.08. The van der Waals surface area contributed by atoms with Crippen LogP contribution < -0.4 is 5.32 Å². The number of nitrogens with zero attached hydrogens (tertiary/aromatic N) is 1. The number of rotatable bonds is 3. The van der Waals surface area contributed by atoms with E-state index in [2.05, 4.69) is 10.3 Å². The monoisotopic (exact) mass is 342 g/mol. The standard InChI is InChI=1S/C19H13F3N2O/c20-19(21,22)14-6-3-7-15(11-14)24-18(25)17-9-2-1-8-16(17)13-5-4-10-23-12-13/h1-12H,(H,24,25). The number of pyridine rings is 1. The lowest BCUT2D eigenvalue weighted by atomic mass is 10.0. The number of carbonyl (C=O) groups is 1. The van der Waals surface area contributed by atoms with Gasteiger partial charge in [-0.15, -0.1) is 0 Å². The lowest BCUT2D eigenvalue weighted by Crippen LogP contribution is -2.14. The van der Waals surface area contributed by atoms with Crippen LogP contribution in [0.3, 0.4) is 0 Å². The Morgan fingerprint density at radius 3 is 2.48 bits per heavy atom. The first-order valence-electron chi connectivity index (χ1n) is 7.43. The van der Waals surface area contributed by atoms with Gasteiger partial charge in [0.25, 0.3) is 5.91 Å². The van der Waals surface area contributed by atoms with E-state index in [0.717, 1.165) is 17.7 Å². The zero-order valence-electron chi connectivity index (χ0n) is 12.9. The van der Waals surface area contributed by atoms with Crippen LogP contribution in [0.5, 0.6) is 0 Å². The van der Waals surface area contributed by atoms with Gasteiger partial charge in [0.2, 0.25) is 0 Å². The summed E-state index contributed by atoms with van der Waals surface area (Å²) >= 11 is 0. The molecule has 0 saturated carbocycles. The summed E-state index contributed by atoms with van der Waals surface area (Å²) < 4.78 is 38.4. The molecule has 3 rings (SSSR count). The van der Waals surface area contributed by atoms with Crippen LogP contribution in [0.1, 0.15) is 15.9 Å². The van der Waals surface area contributed by atoms with Crippen molar-refractivity contribution in [2.24, 2.45) is 0 Å². The molecule has 0 aliphatic carbocycles. The number of hydrogen-bond acceptors (Lipinski definition) is 2. The molecule has 0 bridgehead atoms. The minimum atomic E-state index is -4.46. The molecule has 3 nitrogen and oxygen atoms in total. The molecule has 0 atom stereocenters. The maximum absolute atomic E-state index is 12.8. The third-order valence-electron chi connectivity index (χ3n) is 3.59. The summed E-state index contributed by atoms with van der Waals surface area (Å²) in [6.45, 7) is 0. The number of anilines is 1. The van der Waals surface area contributed by atoms with Gasteiger partial charge < -0.3 is 5.32 Å². The fourth-order valence-electron chi connectivity index (χ4n) is 2.43. The van der Waals surface area contributed by atoms with E-state index in [4.69, 9.17) is 0 Å². The number of aromatic nitrogens is 1. The Balaban J connectivity index is 1.91. The van der Waals surface area contributed by atoms with Crippen LogP contribution in [0.4, 0.5) is 18.9 Å². The van der Waals surface area contributed by atoms with Crippen molar-refractivity contribution in [1.82, 2.24) is 4.98 Å². The van der Waals surface area contributed by atoms with Crippen molar-refractivity contribution in [3.05, 3.63) is 84.2 Å². The molecule has 126 valence electrons. The second-order valence-electron chi connectivity index (χ2n) is 5.32. The van der Waals surface area contributed by atoms with Crippen LogP contribution in [0.15, 0.2) is 73.1 Å². The molecule has 0 aliphatic heterocycles. The van der Waals surface area contributed by atoms with Gasteiger partial charge in [0.05, 0.1) is 5.56 Å². The average Bonchev–Trinajstić information content (AvgIpc) is 2.62. The number of nitrogens with one attached hydrogen (secondary N) is 1. The Bertz CT molecular complexity index is 892. The van der Waals surface area contributed by atoms with Gasteiger partial charge in [0.1, 0.15) is 0 Å². The number of hydrogen-bond donors (Lipinski definition) is 1. The van der Waals surface area contributed by atoms with Crippen molar-refractivity contribution >= 4 is 11.6 Å². The molecule has 0 radical (unpaired) electrons. The molecular formula is C19H13F3N2O. The summed E-state index contributed by atoms with van der Waals surface area (Å²) in [6, 6.07) is 14.9. The molecule has 1 heterocycles. The molecule has 1 amide bonds. The van der Waals surface area contributed by atoms with Crippen molar-refractivity contribution in [2.75, 3.05) is 5.32 Å². The molecule has 1 aromatic heterocycles. The first-order valence-corrected chi connectivity index (χ1v) is 7.43. The van der Waals surface area contributed by atoms with E-state index in [1.54, 1.807) is 42.7 Å². The van der Waals surface area contributed by atoms with Crippen LogP contribution in [-0.4, -0.2) is 10.9 Å². The van der Waals surface area contributed by atoms with Crippen molar-refractivity contribution in [2.45, 2.75) is 6.18 Å². The van der Waals surface area contributed by atoms with E-state index >= 15 is 0 Å². The lowest BCUT2D eigenvalue weighted by molar-refractivity contribution is -0.137. The highest BCUT2D eigenvalue weighted by atomic mass is 19.4. The van der Waals surface area contributed by atoms with Gasteiger partial charge in [0, 0.05) is 29.2 Å². The van der Waals surface area contributed by atoms with Gasteiger partial charge in [-0.1, -0.05) is 30.3 Å². The number of carbonyl (C=O) groups excluding carboxylic acids is 1. The average molecular weight is 342 g/mol. The molecular weight excluding hydrogens is 329 g/mol. The number of benzene rings is 2. The molecule has 2 aromatic carbocycles. The van der Waals surface area contributed by atoms with Crippen molar-refractivity contribution in [3.63, 3.8) is 0 Å². The first-order chi connectivity index (χ1) is 11.9. The molecule has 3 aromatic rings. The zero-order chi connectivity index (χ0) is 17.9. The molecule has 0 unspecified atom stereocenters. The number of amides is 1. The Kier molecular flexibility index (Phi) is 4.52. The molecule has 0 fully saturated rings. The van der Waals surface area contributed by atoms with Crippen LogP contribution in [0.25, 0.3) is 11.1 Å². The van der Waals surface area contributed by atoms with Gasteiger partial charge >= 0.3 is 6.18 Å². The molecule has 0 spiro atoms. The third-order valence-corrected chi connectivity index (χ3v) is 3.59. The van der Waals surface area contributed by atoms with Gasteiger partial charge in [-0.2, -0.15) is 13.2 Å². The molecule has 25 heavy (non-hydrogen) atoms. The Labute approximate surface area is 142 Å². The summed E-state index contributed by atoms with van der Waals surface area (Å²) in [4.78, 5) is 16.6. The van der Waals surface area contributed by atoms with Crippen LogP contribution >= 0.6 is 0 Å². The Hall–Kier alpha value is -3.15. The second-order valence-corrected chi connectivity index (χ2v) is 5.32. The normalized spacial score (nSPS) is 11.2. The van der Waals surface area contributed by atoms with E-state index in [0.29, 0.717) is 11.1 Å². The molecule has 0 saturated heterocycles. The Morgan fingerprint density at radius 1 is 0.960 bits per heavy atom. The highest BCUT2D eigenvalue weighted by Gasteiger charge is 2.30. The first kappa shape index (κ1) is 16.7. The maximum atomic E-state index is 12.8. The van der Waals surface area contributed by atoms with Crippen molar-refractivity contribution in [1.29, 1.82) is 0 Å². The van der Waals surface area contributed by atoms with Gasteiger partial charge in [-0.25, -0.2) is 0 Å². The summed E-state index contributed by atoms with van der Waals surface area (Å²) in [5.41, 5.74) is 1.02. The third kappa shape index (κ3) is 3.85. The summed E-state index contributed by atoms with van der Waals surface area (Å²) in [7, 11) is 0. The molecule has 0 aliphatic rings. The van der Waals surface area contributed by atoms with Gasteiger partial charge in [-0.3, -0.25) is 9.78 Å². The predicted octanol–water partition coefficient (Wildman–Crippen LogP) is 5.02. The van der Waals surface area contributed by atoms with E-state index < -0.39 is 17.6 Å². The van der Waals surface area contributed by atoms with Crippen molar-refractivity contribution < 1.29 is 18.0 Å². The summed E-state index contributed by atoms with van der Waals surface area (Å²) in [5.74, 6) is -0.487. The van der Waals surface area contributed by atoms with Crippen LogP contribution in [-0.2, 0) is 6.18 Å². The maximum Gasteiger partial charge on any atom is 0.416 e. The molecule has 6 heteroatoms. The van der Waals surface area contributed by atoms with Crippen molar-refractivity contribution in [3.8, 4) is 11.1 Å². The van der Waals surface area contributed by atoms with Crippen LogP contribution in [0, 0.1) is 0 Å². The fourth-order valence-corrected chi connectivity index (χ4v) is 2.43. The minimum Gasteiger partial charge on any atom is -0.322 e. The van der Waals surface area contributed by atoms with E-state index in [-0.39, 0.29) is 5.69 Å². The minimum absolute atomic E-state index is 0.0841. The topological polar surface area (TPSA) is 42.0 Å². The van der Waals surface area contributed by atoms with E-state index in [1.807, 2.05) is 6.07 Å². The largest absolute Gasteiger partial charge is 0.416 e. The summed E-state index contributed by atoms with van der Waals surface area (Å²) in [6.07, 6.45) is -1.22. The quantitative estimate of drug-likeness (QED) is 0.726. The smallest absolute Gasteiger partial charge is 0.322 e. The predicted molar refractivity (Wildman–Crippen MR) is 89.1 cm³/mol. The van der Waals surface area contributed by atoms with E-state index in [1.165, 1.54) is 12.1 Å². The van der Waals surface area contributed by atoms with Gasteiger partial charge in [-0.05, 0) is 35.9 Å². The van der Waals surface area contributed by atoms with E-state index in [9.17, 15) is 18.0 Å². The zero-order valence-corrected chi connectivity index (χ0v) is 12.9. The summed E-state index contributed by atoms with van der Waals surface area (Å²) in [5, 5.41) is 2.52. The number of alkyl halides is 3. The number of halogens is 3. The highest BCUT2D eigenvalue weighted by Crippen LogP contribution is 2.31. The lowest BCUT2D eigenvalue weighted by Gasteiger charge is -2.12. The fraction of sp³-hybridized carbons (Fsp3) is 0.0526.